The molecule has 0 saturated carbocycles. The lowest BCUT2D eigenvalue weighted by Gasteiger charge is -2.21. The van der Waals surface area contributed by atoms with E-state index in [4.69, 9.17) is 21.1 Å². The fourth-order valence-electron chi connectivity index (χ4n) is 1.90. The number of hydrogen-bond donors (Lipinski definition) is 1. The predicted octanol–water partition coefficient (Wildman–Crippen LogP) is 2.42. The fourth-order valence-corrected chi connectivity index (χ4v) is 2.29. The van der Waals surface area contributed by atoms with E-state index in [9.17, 15) is 0 Å². The summed E-state index contributed by atoms with van der Waals surface area (Å²) in [5.74, 6) is 1.34. The van der Waals surface area contributed by atoms with Crippen molar-refractivity contribution in [2.24, 2.45) is 0 Å². The summed E-state index contributed by atoms with van der Waals surface area (Å²) in [6, 6.07) is 1.99. The van der Waals surface area contributed by atoms with Crippen LogP contribution in [-0.4, -0.2) is 20.8 Å². The van der Waals surface area contributed by atoms with E-state index < -0.39 is 0 Å². The molecule has 0 aliphatic carbocycles. The molecule has 0 unspecified atom stereocenters. The summed E-state index contributed by atoms with van der Waals surface area (Å²) in [4.78, 5) is 0. The van der Waals surface area contributed by atoms with E-state index in [0.717, 1.165) is 19.5 Å². The number of benzene rings is 1. The number of nitrogens with one attached hydrogen (secondary N) is 1. The number of methoxy groups -OCH3 is 2. The molecule has 5 heteroatoms. The van der Waals surface area contributed by atoms with Gasteiger partial charge in [0.15, 0.2) is 11.5 Å². The van der Waals surface area contributed by atoms with E-state index in [-0.39, 0.29) is 12.4 Å². The SMILES string of the molecule is COc1cc2c(c(Cl)c1OC)CCNC2.Cl. The van der Waals surface area contributed by atoms with Crippen molar-refractivity contribution in [1.82, 2.24) is 5.32 Å². The quantitative estimate of drug-likeness (QED) is 0.889. The van der Waals surface area contributed by atoms with Crippen molar-refractivity contribution in [3.8, 4) is 11.5 Å². The molecule has 1 aromatic carbocycles. The van der Waals surface area contributed by atoms with Gasteiger partial charge in [-0.1, -0.05) is 11.6 Å². The van der Waals surface area contributed by atoms with Crippen molar-refractivity contribution in [2.45, 2.75) is 13.0 Å². The molecule has 3 nitrogen and oxygen atoms in total. The van der Waals surface area contributed by atoms with Gasteiger partial charge >= 0.3 is 0 Å². The van der Waals surface area contributed by atoms with Gasteiger partial charge in [0.1, 0.15) is 0 Å². The Hall–Kier alpha value is -0.640. The van der Waals surface area contributed by atoms with Crippen LogP contribution in [0.15, 0.2) is 6.07 Å². The highest BCUT2D eigenvalue weighted by Crippen LogP contribution is 2.40. The third kappa shape index (κ3) is 2.21. The average molecular weight is 264 g/mol. The van der Waals surface area contributed by atoms with Crippen molar-refractivity contribution in [3.05, 3.63) is 22.2 Å². The lowest BCUT2D eigenvalue weighted by atomic mass is 10.00. The maximum atomic E-state index is 6.28. The van der Waals surface area contributed by atoms with Gasteiger partial charge in [0, 0.05) is 6.54 Å². The first kappa shape index (κ1) is 13.4. The van der Waals surface area contributed by atoms with Gasteiger partial charge in [-0.05, 0) is 30.2 Å². The number of rotatable bonds is 2. The van der Waals surface area contributed by atoms with Crippen molar-refractivity contribution < 1.29 is 9.47 Å². The highest BCUT2D eigenvalue weighted by molar-refractivity contribution is 6.33. The molecule has 0 saturated heterocycles. The van der Waals surface area contributed by atoms with Crippen LogP contribution in [0, 0.1) is 0 Å². The second-order valence-corrected chi connectivity index (χ2v) is 3.87. The highest BCUT2D eigenvalue weighted by Gasteiger charge is 2.19. The topological polar surface area (TPSA) is 30.5 Å². The molecule has 0 spiro atoms. The Morgan fingerprint density at radius 1 is 1.31 bits per heavy atom. The Bertz CT molecular complexity index is 368. The average Bonchev–Trinajstić information content (AvgIpc) is 2.29. The Labute approximate surface area is 106 Å². The molecule has 90 valence electrons. The normalized spacial score (nSPS) is 13.7. The molecule has 0 amide bonds. The van der Waals surface area contributed by atoms with E-state index in [1.54, 1.807) is 14.2 Å². The minimum atomic E-state index is 0. The van der Waals surface area contributed by atoms with Crippen LogP contribution in [0.2, 0.25) is 5.02 Å². The lowest BCUT2D eigenvalue weighted by Crippen LogP contribution is -2.24. The lowest BCUT2D eigenvalue weighted by molar-refractivity contribution is 0.353. The Balaban J connectivity index is 0.00000128. The van der Waals surface area contributed by atoms with E-state index in [0.29, 0.717) is 16.5 Å². The summed E-state index contributed by atoms with van der Waals surface area (Å²) < 4.78 is 10.5. The molecular formula is C11H15Cl2NO2. The molecule has 1 aliphatic heterocycles. The summed E-state index contributed by atoms with van der Waals surface area (Å²) >= 11 is 6.28. The van der Waals surface area contributed by atoms with Gasteiger partial charge in [-0.15, -0.1) is 12.4 Å². The maximum Gasteiger partial charge on any atom is 0.179 e. The van der Waals surface area contributed by atoms with Crippen LogP contribution in [0.4, 0.5) is 0 Å². The first-order valence-electron chi connectivity index (χ1n) is 4.91. The van der Waals surface area contributed by atoms with Gasteiger partial charge in [-0.2, -0.15) is 0 Å². The fraction of sp³-hybridized carbons (Fsp3) is 0.455. The van der Waals surface area contributed by atoms with E-state index in [2.05, 4.69) is 5.32 Å². The Morgan fingerprint density at radius 3 is 2.69 bits per heavy atom. The van der Waals surface area contributed by atoms with E-state index in [1.807, 2.05) is 6.07 Å². The maximum absolute atomic E-state index is 6.28. The molecule has 2 rings (SSSR count). The third-order valence-corrected chi connectivity index (χ3v) is 3.07. The molecule has 0 aromatic heterocycles. The molecule has 16 heavy (non-hydrogen) atoms. The second-order valence-electron chi connectivity index (χ2n) is 3.49. The van der Waals surface area contributed by atoms with Crippen LogP contribution < -0.4 is 14.8 Å². The first-order valence-corrected chi connectivity index (χ1v) is 5.28. The second kappa shape index (κ2) is 5.62. The minimum absolute atomic E-state index is 0. The van der Waals surface area contributed by atoms with Crippen molar-refractivity contribution in [1.29, 1.82) is 0 Å². The van der Waals surface area contributed by atoms with Crippen molar-refractivity contribution in [3.63, 3.8) is 0 Å². The predicted molar refractivity (Wildman–Crippen MR) is 67.2 cm³/mol. The van der Waals surface area contributed by atoms with Crippen LogP contribution in [0.3, 0.4) is 0 Å². The smallest absolute Gasteiger partial charge is 0.179 e. The minimum Gasteiger partial charge on any atom is -0.493 e. The zero-order chi connectivity index (χ0) is 10.8. The summed E-state index contributed by atoms with van der Waals surface area (Å²) in [5.41, 5.74) is 2.37. The van der Waals surface area contributed by atoms with Crippen LogP contribution in [0.5, 0.6) is 11.5 Å². The van der Waals surface area contributed by atoms with Gasteiger partial charge in [-0.3, -0.25) is 0 Å². The van der Waals surface area contributed by atoms with Gasteiger partial charge in [-0.25, -0.2) is 0 Å². The summed E-state index contributed by atoms with van der Waals surface area (Å²) in [5, 5.41) is 3.99. The zero-order valence-electron chi connectivity index (χ0n) is 9.30. The number of ether oxygens (including phenoxy) is 2. The summed E-state index contributed by atoms with van der Waals surface area (Å²) in [6.07, 6.45) is 0.939. The zero-order valence-corrected chi connectivity index (χ0v) is 10.9. The molecular weight excluding hydrogens is 249 g/mol. The van der Waals surface area contributed by atoms with Crippen molar-refractivity contribution >= 4 is 24.0 Å². The van der Waals surface area contributed by atoms with Crippen molar-refractivity contribution in [2.75, 3.05) is 20.8 Å². The molecule has 0 fully saturated rings. The summed E-state index contributed by atoms with van der Waals surface area (Å²) in [6.45, 7) is 1.80. The molecule has 0 bridgehead atoms. The van der Waals surface area contributed by atoms with Gasteiger partial charge < -0.3 is 14.8 Å². The van der Waals surface area contributed by atoms with Crippen LogP contribution in [0.1, 0.15) is 11.1 Å². The number of halogens is 2. The Kier molecular flexibility index (Phi) is 4.71. The number of hydrogen-bond acceptors (Lipinski definition) is 3. The molecule has 0 atom stereocenters. The van der Waals surface area contributed by atoms with Crippen LogP contribution >= 0.6 is 24.0 Å². The van der Waals surface area contributed by atoms with Gasteiger partial charge in [0.25, 0.3) is 0 Å². The third-order valence-electron chi connectivity index (χ3n) is 2.67. The largest absolute Gasteiger partial charge is 0.493 e. The van der Waals surface area contributed by atoms with Crippen LogP contribution in [0.25, 0.3) is 0 Å². The molecule has 0 radical (unpaired) electrons. The first-order chi connectivity index (χ1) is 7.27. The highest BCUT2D eigenvalue weighted by atomic mass is 35.5. The monoisotopic (exact) mass is 263 g/mol. The Morgan fingerprint density at radius 2 is 2.06 bits per heavy atom. The molecule has 1 aliphatic rings. The van der Waals surface area contributed by atoms with Crippen LogP contribution in [-0.2, 0) is 13.0 Å². The van der Waals surface area contributed by atoms with Gasteiger partial charge in [0.2, 0.25) is 0 Å². The van der Waals surface area contributed by atoms with E-state index >= 15 is 0 Å². The summed E-state index contributed by atoms with van der Waals surface area (Å²) in [7, 11) is 3.23. The molecule has 1 N–H and O–H groups in total. The van der Waals surface area contributed by atoms with Gasteiger partial charge in [0.05, 0.1) is 19.2 Å². The van der Waals surface area contributed by atoms with E-state index in [1.165, 1.54) is 11.1 Å². The molecule has 1 heterocycles. The molecule has 1 aromatic rings. The standard InChI is InChI=1S/C11H14ClNO2.ClH/c1-14-9-5-7-6-13-4-3-8(7)10(12)11(9)15-2;/h5,13H,3-4,6H2,1-2H3;1H. The number of fused-ring (bicyclic) bond motifs is 1.